The summed E-state index contributed by atoms with van der Waals surface area (Å²) in [7, 11) is -2.71. The Bertz CT molecular complexity index is 1330. The Kier molecular flexibility index (Phi) is 10.5. The lowest BCUT2D eigenvalue weighted by Crippen LogP contribution is -2.52. The molecule has 3 aromatic carbocycles. The van der Waals surface area contributed by atoms with Crippen molar-refractivity contribution < 1.29 is 22.7 Å². The maximum atomic E-state index is 14.1. The number of amides is 2. The molecule has 0 radical (unpaired) electrons. The van der Waals surface area contributed by atoms with E-state index >= 15 is 0 Å². The van der Waals surface area contributed by atoms with Crippen molar-refractivity contribution in [3.05, 3.63) is 90.5 Å². The van der Waals surface area contributed by atoms with E-state index in [2.05, 4.69) is 5.32 Å². The van der Waals surface area contributed by atoms with Crippen LogP contribution in [0.25, 0.3) is 0 Å². The third-order valence-corrected chi connectivity index (χ3v) is 8.00. The third-order valence-electron chi connectivity index (χ3n) is 6.23. The molecule has 0 saturated carbocycles. The van der Waals surface area contributed by atoms with Crippen molar-refractivity contribution in [3.8, 4) is 5.75 Å². The van der Waals surface area contributed by atoms with E-state index in [1.807, 2.05) is 51.1 Å². The van der Waals surface area contributed by atoms with Crippen molar-refractivity contribution in [3.63, 3.8) is 0 Å². The van der Waals surface area contributed by atoms with Crippen molar-refractivity contribution in [1.29, 1.82) is 0 Å². The molecule has 1 N–H and O–H groups in total. The van der Waals surface area contributed by atoms with Gasteiger partial charge >= 0.3 is 0 Å². The Balaban J connectivity index is 2.05. The van der Waals surface area contributed by atoms with Crippen molar-refractivity contribution in [2.75, 3.05) is 24.5 Å². The Labute approximate surface area is 231 Å². The lowest BCUT2D eigenvalue weighted by atomic mass is 10.1. The molecule has 9 heteroatoms. The highest BCUT2D eigenvalue weighted by atomic mass is 32.2. The first kappa shape index (κ1) is 29.7. The maximum Gasteiger partial charge on any atom is 0.264 e. The molecular formula is C30H37N3O5S. The van der Waals surface area contributed by atoms with Crippen LogP contribution in [0.2, 0.25) is 0 Å². The molecule has 0 heterocycles. The van der Waals surface area contributed by atoms with E-state index in [0.717, 1.165) is 9.87 Å². The summed E-state index contributed by atoms with van der Waals surface area (Å²) in [6, 6.07) is 23.2. The summed E-state index contributed by atoms with van der Waals surface area (Å²) in [6.07, 6.45) is 0.364. The highest BCUT2D eigenvalue weighted by Crippen LogP contribution is 2.32. The van der Waals surface area contributed by atoms with Crippen LogP contribution < -0.4 is 14.4 Å². The van der Waals surface area contributed by atoms with Crippen molar-refractivity contribution in [1.82, 2.24) is 10.2 Å². The number of carbonyl (C=O) groups is 2. The summed E-state index contributed by atoms with van der Waals surface area (Å²) in [5.41, 5.74) is 1.06. The number of rotatable bonds is 13. The van der Waals surface area contributed by atoms with Gasteiger partial charge in [0.05, 0.1) is 17.7 Å². The first-order valence-corrected chi connectivity index (χ1v) is 14.4. The van der Waals surface area contributed by atoms with Gasteiger partial charge in [0, 0.05) is 13.1 Å². The molecule has 1 unspecified atom stereocenters. The molecule has 208 valence electrons. The quantitative estimate of drug-likeness (QED) is 0.338. The number of ether oxygens (including phenoxy) is 1. The highest BCUT2D eigenvalue weighted by molar-refractivity contribution is 7.92. The Morgan fingerprint density at radius 2 is 1.49 bits per heavy atom. The van der Waals surface area contributed by atoms with Gasteiger partial charge in [-0.3, -0.25) is 13.9 Å². The number of benzene rings is 3. The van der Waals surface area contributed by atoms with E-state index in [0.29, 0.717) is 18.7 Å². The second kappa shape index (κ2) is 13.8. The lowest BCUT2D eigenvalue weighted by Gasteiger charge is -2.33. The zero-order chi connectivity index (χ0) is 28.4. The molecule has 0 aliphatic heterocycles. The summed E-state index contributed by atoms with van der Waals surface area (Å²) < 4.78 is 34.3. The average molecular weight is 552 g/mol. The van der Waals surface area contributed by atoms with Crippen molar-refractivity contribution in [2.45, 2.75) is 44.7 Å². The van der Waals surface area contributed by atoms with Gasteiger partial charge in [-0.25, -0.2) is 8.42 Å². The number of methoxy groups -OCH3 is 1. The fourth-order valence-electron chi connectivity index (χ4n) is 4.19. The van der Waals surface area contributed by atoms with Crippen LogP contribution in [0.15, 0.2) is 89.8 Å². The van der Waals surface area contributed by atoms with E-state index in [4.69, 9.17) is 4.74 Å². The van der Waals surface area contributed by atoms with Crippen LogP contribution >= 0.6 is 0 Å². The molecule has 3 rings (SSSR count). The fourth-order valence-corrected chi connectivity index (χ4v) is 5.64. The minimum Gasteiger partial charge on any atom is -0.495 e. The van der Waals surface area contributed by atoms with E-state index in [-0.39, 0.29) is 29.0 Å². The number of para-hydroxylation sites is 2. The minimum atomic E-state index is -4.16. The molecule has 1 atom stereocenters. The van der Waals surface area contributed by atoms with Crippen molar-refractivity contribution in [2.24, 2.45) is 5.92 Å². The molecule has 0 fully saturated rings. The molecule has 0 spiro atoms. The highest BCUT2D eigenvalue weighted by Gasteiger charge is 2.34. The zero-order valence-electron chi connectivity index (χ0n) is 22.9. The van der Waals surface area contributed by atoms with Gasteiger partial charge in [0.1, 0.15) is 18.3 Å². The number of anilines is 1. The van der Waals surface area contributed by atoms with Crippen LogP contribution in [-0.2, 0) is 26.2 Å². The number of carbonyl (C=O) groups excluding carboxylic acids is 2. The lowest BCUT2D eigenvalue weighted by molar-refractivity contribution is -0.140. The molecule has 0 aliphatic rings. The van der Waals surface area contributed by atoms with Gasteiger partial charge in [-0.2, -0.15) is 0 Å². The molecule has 0 saturated heterocycles. The summed E-state index contributed by atoms with van der Waals surface area (Å²) >= 11 is 0. The summed E-state index contributed by atoms with van der Waals surface area (Å²) in [5.74, 6) is -0.232. The minimum absolute atomic E-state index is 0.0417. The standard InChI is InChI=1S/C30H37N3O5S/c1-5-26(30(35)31-20-23(2)3)32(21-24-14-8-6-9-15-24)29(34)22-33(27-18-12-13-19-28(27)38-4)39(36,37)25-16-10-7-11-17-25/h6-19,23,26H,5,20-22H2,1-4H3,(H,31,35). The Morgan fingerprint density at radius 1 is 0.897 bits per heavy atom. The van der Waals surface area contributed by atoms with Gasteiger partial charge in [0.15, 0.2) is 0 Å². The zero-order valence-corrected chi connectivity index (χ0v) is 23.7. The monoisotopic (exact) mass is 551 g/mol. The van der Waals surface area contributed by atoms with Crippen LogP contribution in [0.5, 0.6) is 5.75 Å². The summed E-state index contributed by atoms with van der Waals surface area (Å²) in [5, 5.41) is 2.93. The second-order valence-electron chi connectivity index (χ2n) is 9.57. The molecule has 8 nitrogen and oxygen atoms in total. The molecule has 0 aliphatic carbocycles. The number of hydrogen-bond acceptors (Lipinski definition) is 5. The van der Waals surface area contributed by atoms with E-state index < -0.39 is 28.5 Å². The second-order valence-corrected chi connectivity index (χ2v) is 11.4. The van der Waals surface area contributed by atoms with Crippen LogP contribution in [0.1, 0.15) is 32.8 Å². The topological polar surface area (TPSA) is 96.0 Å². The van der Waals surface area contributed by atoms with Crippen molar-refractivity contribution >= 4 is 27.5 Å². The van der Waals surface area contributed by atoms with Gasteiger partial charge in [-0.1, -0.05) is 81.4 Å². The van der Waals surface area contributed by atoms with Crippen LogP contribution in [0.4, 0.5) is 5.69 Å². The fraction of sp³-hybridized carbons (Fsp3) is 0.333. The summed E-state index contributed by atoms with van der Waals surface area (Å²) in [4.78, 5) is 28.8. The van der Waals surface area contributed by atoms with Gasteiger partial charge in [-0.05, 0) is 42.2 Å². The molecule has 3 aromatic rings. The van der Waals surface area contributed by atoms with Crippen LogP contribution in [0.3, 0.4) is 0 Å². The molecule has 2 amide bonds. The van der Waals surface area contributed by atoms with Crippen LogP contribution in [0, 0.1) is 5.92 Å². The largest absolute Gasteiger partial charge is 0.495 e. The predicted octanol–water partition coefficient (Wildman–Crippen LogP) is 4.47. The number of nitrogens with zero attached hydrogens (tertiary/aromatic N) is 2. The van der Waals surface area contributed by atoms with E-state index in [9.17, 15) is 18.0 Å². The summed E-state index contributed by atoms with van der Waals surface area (Å²) in [6.45, 7) is 5.93. The number of nitrogens with one attached hydrogen (secondary N) is 1. The smallest absolute Gasteiger partial charge is 0.264 e. The molecular weight excluding hydrogens is 514 g/mol. The SMILES string of the molecule is CCC(C(=O)NCC(C)C)N(Cc1ccccc1)C(=O)CN(c1ccccc1OC)S(=O)(=O)c1ccccc1. The molecule has 39 heavy (non-hydrogen) atoms. The number of hydrogen-bond donors (Lipinski definition) is 1. The maximum absolute atomic E-state index is 14.1. The normalized spacial score (nSPS) is 12.0. The third kappa shape index (κ3) is 7.60. The van der Waals surface area contributed by atoms with Crippen LogP contribution in [-0.4, -0.2) is 51.4 Å². The molecule has 0 aromatic heterocycles. The first-order valence-electron chi connectivity index (χ1n) is 13.0. The van der Waals surface area contributed by atoms with E-state index in [1.165, 1.54) is 24.1 Å². The van der Waals surface area contributed by atoms with Gasteiger partial charge < -0.3 is 15.0 Å². The Hall–Kier alpha value is -3.85. The first-order chi connectivity index (χ1) is 18.7. The number of sulfonamides is 1. The Morgan fingerprint density at radius 3 is 2.08 bits per heavy atom. The van der Waals surface area contributed by atoms with Gasteiger partial charge in [-0.15, -0.1) is 0 Å². The predicted molar refractivity (Wildman–Crippen MR) is 153 cm³/mol. The van der Waals surface area contributed by atoms with E-state index in [1.54, 1.807) is 42.5 Å². The van der Waals surface area contributed by atoms with Gasteiger partial charge in [0.25, 0.3) is 10.0 Å². The molecule has 0 bridgehead atoms. The van der Waals surface area contributed by atoms with Gasteiger partial charge in [0.2, 0.25) is 11.8 Å². The average Bonchev–Trinajstić information content (AvgIpc) is 2.95.